The van der Waals surface area contributed by atoms with Gasteiger partial charge in [0.15, 0.2) is 0 Å². The molecule has 6 nitrogen and oxygen atoms in total. The molecule has 144 valence electrons. The van der Waals surface area contributed by atoms with Crippen molar-refractivity contribution in [3.05, 3.63) is 22.4 Å². The van der Waals surface area contributed by atoms with Crippen LogP contribution in [0.3, 0.4) is 0 Å². The van der Waals surface area contributed by atoms with Crippen molar-refractivity contribution in [3.8, 4) is 0 Å². The molecule has 0 saturated heterocycles. The van der Waals surface area contributed by atoms with Crippen molar-refractivity contribution in [1.29, 1.82) is 0 Å². The van der Waals surface area contributed by atoms with Crippen LogP contribution in [0.25, 0.3) is 5.52 Å². The number of halogens is 3. The Labute approximate surface area is 159 Å². The first-order valence-electron chi connectivity index (χ1n) is 8.82. The lowest BCUT2D eigenvalue weighted by Gasteiger charge is -2.25. The standard InChI is InChI=1S/C17H23BrF2N4O2/c1-10(6-7-26-16(19)20)22-17-21-9-15-13(18)8-14(24(15)23-17)11-2-4-12(25)5-3-11/h8-12,16,25H,2-7H2,1H3,(H,22,23)/t10-,11-,12-/m0/s1. The minimum Gasteiger partial charge on any atom is -0.393 e. The predicted octanol–water partition coefficient (Wildman–Crippen LogP) is 3.94. The Kier molecular flexibility index (Phi) is 6.42. The third kappa shape index (κ3) is 4.69. The predicted molar refractivity (Wildman–Crippen MR) is 97.6 cm³/mol. The number of aliphatic hydroxyl groups excluding tert-OH is 1. The number of nitrogens with one attached hydrogen (secondary N) is 1. The number of hydrogen-bond donors (Lipinski definition) is 2. The fourth-order valence-corrected chi connectivity index (χ4v) is 3.84. The molecule has 0 unspecified atom stereocenters. The summed E-state index contributed by atoms with van der Waals surface area (Å²) in [6, 6.07) is 1.97. The third-order valence-electron chi connectivity index (χ3n) is 4.78. The van der Waals surface area contributed by atoms with Gasteiger partial charge in [-0.15, -0.1) is 5.10 Å². The van der Waals surface area contributed by atoms with Crippen LogP contribution in [0.4, 0.5) is 14.7 Å². The second kappa shape index (κ2) is 8.58. The molecule has 2 N–H and O–H groups in total. The summed E-state index contributed by atoms with van der Waals surface area (Å²) in [5.41, 5.74) is 1.98. The summed E-state index contributed by atoms with van der Waals surface area (Å²) in [7, 11) is 0. The third-order valence-corrected chi connectivity index (χ3v) is 5.42. The van der Waals surface area contributed by atoms with Crippen LogP contribution in [0.1, 0.15) is 50.6 Å². The Morgan fingerprint density at radius 2 is 2.12 bits per heavy atom. The van der Waals surface area contributed by atoms with Crippen molar-refractivity contribution in [2.75, 3.05) is 11.9 Å². The van der Waals surface area contributed by atoms with E-state index in [9.17, 15) is 13.9 Å². The zero-order valence-corrected chi connectivity index (χ0v) is 16.1. The van der Waals surface area contributed by atoms with Crippen LogP contribution >= 0.6 is 15.9 Å². The molecule has 9 heteroatoms. The van der Waals surface area contributed by atoms with Gasteiger partial charge in [0.25, 0.3) is 0 Å². The van der Waals surface area contributed by atoms with Crippen LogP contribution in [0.2, 0.25) is 0 Å². The van der Waals surface area contributed by atoms with Crippen molar-refractivity contribution in [3.63, 3.8) is 0 Å². The number of fused-ring (bicyclic) bond motifs is 1. The van der Waals surface area contributed by atoms with Crippen LogP contribution in [0.5, 0.6) is 0 Å². The van der Waals surface area contributed by atoms with E-state index >= 15 is 0 Å². The molecule has 1 atom stereocenters. The number of nitrogens with zero attached hydrogens (tertiary/aromatic N) is 3. The Hall–Kier alpha value is -1.32. The van der Waals surface area contributed by atoms with Crippen LogP contribution in [-0.2, 0) is 4.74 Å². The Bertz CT molecular complexity index is 735. The minimum absolute atomic E-state index is 0.0290. The summed E-state index contributed by atoms with van der Waals surface area (Å²) in [5.74, 6) is 0.791. The minimum atomic E-state index is -2.75. The van der Waals surface area contributed by atoms with Gasteiger partial charge in [-0.05, 0) is 61.0 Å². The van der Waals surface area contributed by atoms with Gasteiger partial charge in [-0.25, -0.2) is 9.50 Å². The second-order valence-electron chi connectivity index (χ2n) is 6.77. The number of rotatable bonds is 7. The van der Waals surface area contributed by atoms with E-state index in [1.807, 2.05) is 11.4 Å². The van der Waals surface area contributed by atoms with E-state index in [1.54, 1.807) is 6.20 Å². The smallest absolute Gasteiger partial charge is 0.345 e. The molecule has 0 spiro atoms. The molecule has 0 bridgehead atoms. The van der Waals surface area contributed by atoms with Crippen molar-refractivity contribution in [2.24, 2.45) is 0 Å². The van der Waals surface area contributed by atoms with E-state index < -0.39 is 6.61 Å². The summed E-state index contributed by atoms with van der Waals surface area (Å²) in [6.45, 7) is -0.903. The highest BCUT2D eigenvalue weighted by molar-refractivity contribution is 9.10. The van der Waals surface area contributed by atoms with E-state index in [-0.39, 0.29) is 18.8 Å². The van der Waals surface area contributed by atoms with Gasteiger partial charge in [-0.1, -0.05) is 0 Å². The molecular formula is C17H23BrF2N4O2. The Morgan fingerprint density at radius 3 is 2.81 bits per heavy atom. The molecule has 1 saturated carbocycles. The van der Waals surface area contributed by atoms with E-state index in [1.165, 1.54) is 0 Å². The topological polar surface area (TPSA) is 71.7 Å². The molecule has 26 heavy (non-hydrogen) atoms. The fraction of sp³-hybridized carbons (Fsp3) is 0.647. The highest BCUT2D eigenvalue weighted by atomic mass is 79.9. The lowest BCUT2D eigenvalue weighted by Crippen LogP contribution is -2.21. The highest BCUT2D eigenvalue weighted by Gasteiger charge is 2.24. The molecule has 0 aliphatic heterocycles. The molecule has 1 aliphatic carbocycles. The molecule has 0 aromatic carbocycles. The maximum Gasteiger partial charge on any atom is 0.345 e. The molecule has 0 amide bonds. The second-order valence-corrected chi connectivity index (χ2v) is 7.62. The maximum atomic E-state index is 12.0. The fourth-order valence-electron chi connectivity index (χ4n) is 3.33. The Balaban J connectivity index is 1.73. The van der Waals surface area contributed by atoms with Crippen molar-refractivity contribution in [1.82, 2.24) is 14.6 Å². The number of ether oxygens (including phenoxy) is 1. The van der Waals surface area contributed by atoms with Crippen LogP contribution in [-0.4, -0.2) is 45.1 Å². The molecule has 2 aromatic rings. The number of hydrogen-bond acceptors (Lipinski definition) is 5. The summed E-state index contributed by atoms with van der Waals surface area (Å²) in [4.78, 5) is 4.32. The SMILES string of the molecule is C[C@@H](CCOC(F)F)Nc1ncc2c(Br)cc([C@H]3CC[C@H](O)CC3)n2n1. The van der Waals surface area contributed by atoms with E-state index in [0.717, 1.165) is 41.4 Å². The van der Waals surface area contributed by atoms with Gasteiger partial charge in [0.2, 0.25) is 5.95 Å². The van der Waals surface area contributed by atoms with Gasteiger partial charge in [0, 0.05) is 22.1 Å². The number of aromatic nitrogens is 3. The van der Waals surface area contributed by atoms with Crippen molar-refractivity contribution < 1.29 is 18.6 Å². The molecule has 2 heterocycles. The first kappa shape index (κ1) is 19.4. The van der Waals surface area contributed by atoms with Gasteiger partial charge in [-0.2, -0.15) is 8.78 Å². The normalized spacial score (nSPS) is 22.1. The molecule has 1 fully saturated rings. The zero-order chi connectivity index (χ0) is 18.7. The first-order valence-corrected chi connectivity index (χ1v) is 9.62. The zero-order valence-electron chi connectivity index (χ0n) is 14.5. The summed E-state index contributed by atoms with van der Waals surface area (Å²) >= 11 is 3.56. The first-order chi connectivity index (χ1) is 12.4. The number of aliphatic hydroxyl groups is 1. The number of alkyl halides is 2. The average molecular weight is 433 g/mol. The van der Waals surface area contributed by atoms with Gasteiger partial charge in [-0.3, -0.25) is 0 Å². The quantitative estimate of drug-likeness (QED) is 0.692. The lowest BCUT2D eigenvalue weighted by atomic mass is 9.85. The number of anilines is 1. The summed E-state index contributed by atoms with van der Waals surface area (Å²) in [6.07, 6.45) is 5.41. The molecule has 0 radical (unpaired) electrons. The van der Waals surface area contributed by atoms with Gasteiger partial charge in [0.05, 0.1) is 24.4 Å². The largest absolute Gasteiger partial charge is 0.393 e. The average Bonchev–Trinajstić information content (AvgIpc) is 2.91. The summed E-state index contributed by atoms with van der Waals surface area (Å²) < 4.78 is 31.2. The Morgan fingerprint density at radius 1 is 1.38 bits per heavy atom. The van der Waals surface area contributed by atoms with Gasteiger partial charge >= 0.3 is 6.61 Å². The van der Waals surface area contributed by atoms with Crippen molar-refractivity contribution in [2.45, 2.75) is 63.7 Å². The van der Waals surface area contributed by atoms with Crippen LogP contribution in [0.15, 0.2) is 16.7 Å². The molecule has 2 aromatic heterocycles. The maximum absolute atomic E-state index is 12.0. The van der Waals surface area contributed by atoms with Gasteiger partial charge in [0.1, 0.15) is 0 Å². The molecular weight excluding hydrogens is 410 g/mol. The van der Waals surface area contributed by atoms with E-state index in [2.05, 4.69) is 42.1 Å². The van der Waals surface area contributed by atoms with Gasteiger partial charge < -0.3 is 15.2 Å². The molecule has 3 rings (SSSR count). The lowest BCUT2D eigenvalue weighted by molar-refractivity contribution is -0.129. The molecule has 1 aliphatic rings. The summed E-state index contributed by atoms with van der Waals surface area (Å²) in [5, 5.41) is 17.4. The van der Waals surface area contributed by atoms with E-state index in [4.69, 9.17) is 0 Å². The van der Waals surface area contributed by atoms with Crippen LogP contribution < -0.4 is 5.32 Å². The van der Waals surface area contributed by atoms with Crippen molar-refractivity contribution >= 4 is 27.4 Å². The van der Waals surface area contributed by atoms with E-state index in [0.29, 0.717) is 18.3 Å². The highest BCUT2D eigenvalue weighted by Crippen LogP contribution is 2.36. The monoisotopic (exact) mass is 432 g/mol. The van der Waals surface area contributed by atoms with Crippen LogP contribution in [0, 0.1) is 0 Å².